The van der Waals surface area contributed by atoms with Gasteiger partial charge < -0.3 is 15.0 Å². The zero-order valence-corrected chi connectivity index (χ0v) is 5.99. The maximum absolute atomic E-state index is 9.86. The van der Waals surface area contributed by atoms with Crippen molar-refractivity contribution in [2.24, 2.45) is 0 Å². The Kier molecular flexibility index (Phi) is 5.52. The van der Waals surface area contributed by atoms with E-state index in [2.05, 4.69) is 4.29 Å². The number of carbonyl (C=O) groups excluding carboxylic acids is 1. The van der Waals surface area contributed by atoms with Gasteiger partial charge in [0, 0.05) is 6.42 Å². The highest BCUT2D eigenvalue weighted by Crippen LogP contribution is 2.04. The largest absolute Gasteiger partial charge is 0.394 e. The van der Waals surface area contributed by atoms with Gasteiger partial charge in [0.2, 0.25) is 0 Å². The number of carbonyl (C=O) groups is 1. The monoisotopic (exact) mass is 168 g/mol. The molecule has 0 amide bonds. The summed E-state index contributed by atoms with van der Waals surface area (Å²) < 4.78 is 4.17. The molecule has 0 spiro atoms. The van der Waals surface area contributed by atoms with Crippen LogP contribution in [0.1, 0.15) is 6.42 Å². The predicted molar refractivity (Wildman–Crippen MR) is 34.5 cm³/mol. The van der Waals surface area contributed by atoms with Crippen molar-refractivity contribution in [2.45, 2.75) is 18.6 Å². The second kappa shape index (κ2) is 5.61. The second-order valence-electron chi connectivity index (χ2n) is 1.78. The van der Waals surface area contributed by atoms with Gasteiger partial charge in [-0.3, -0.25) is 4.29 Å². The zero-order chi connectivity index (χ0) is 7.98. The summed E-state index contributed by atoms with van der Waals surface area (Å²) in [5.74, 6) is 0. The second-order valence-corrected chi connectivity index (χ2v) is 1.96. The van der Waals surface area contributed by atoms with Gasteiger partial charge in [-0.05, 0) is 0 Å². The molecule has 5 heteroatoms. The lowest BCUT2D eigenvalue weighted by atomic mass is 10.2. The summed E-state index contributed by atoms with van der Waals surface area (Å²) in [5, 5.41) is 17.2. The van der Waals surface area contributed by atoms with Crippen LogP contribution in [0.5, 0.6) is 0 Å². The molecule has 0 bridgehead atoms. The van der Waals surface area contributed by atoms with Gasteiger partial charge >= 0.3 is 0 Å². The summed E-state index contributed by atoms with van der Waals surface area (Å²) in [5.41, 5.74) is 0. The van der Waals surface area contributed by atoms with Gasteiger partial charge in [-0.25, -0.2) is 0 Å². The first-order valence-electron chi connectivity index (χ1n) is 2.76. The Balaban J connectivity index is 3.67. The molecule has 0 aliphatic carbocycles. The molecule has 0 aliphatic heterocycles. The quantitative estimate of drug-likeness (QED) is 0.542. The van der Waals surface area contributed by atoms with Gasteiger partial charge in [0.15, 0.2) is 0 Å². The van der Waals surface area contributed by atoms with Crippen LogP contribution in [0.4, 0.5) is 0 Å². The van der Waals surface area contributed by atoms with E-state index in [0.29, 0.717) is 6.29 Å². The molecule has 4 nitrogen and oxygen atoms in total. The summed E-state index contributed by atoms with van der Waals surface area (Å²) in [7, 11) is 0. The van der Waals surface area contributed by atoms with Gasteiger partial charge in [0.05, 0.1) is 18.5 Å². The van der Waals surface area contributed by atoms with E-state index in [-0.39, 0.29) is 6.42 Å². The average Bonchev–Trinajstić information content (AvgIpc) is 1.99. The fraction of sp³-hybridized carbons (Fsp3) is 0.800. The van der Waals surface area contributed by atoms with E-state index < -0.39 is 18.8 Å². The van der Waals surface area contributed by atoms with E-state index in [0.717, 1.165) is 0 Å². The molecule has 0 unspecified atom stereocenters. The van der Waals surface area contributed by atoms with Crippen molar-refractivity contribution in [3.05, 3.63) is 0 Å². The fourth-order valence-electron chi connectivity index (χ4n) is 0.465. The van der Waals surface area contributed by atoms with Crippen LogP contribution in [0, 0.1) is 0 Å². The first kappa shape index (κ1) is 9.84. The number of hydrogen-bond donors (Lipinski definition) is 2. The number of halogens is 1. The van der Waals surface area contributed by atoms with Crippen molar-refractivity contribution in [1.29, 1.82) is 0 Å². The minimum atomic E-state index is -1.09. The highest BCUT2D eigenvalue weighted by molar-refractivity contribution is 6.07. The average molecular weight is 169 g/mol. The topological polar surface area (TPSA) is 66.8 Å². The zero-order valence-electron chi connectivity index (χ0n) is 5.24. The Morgan fingerprint density at radius 2 is 2.30 bits per heavy atom. The van der Waals surface area contributed by atoms with Gasteiger partial charge in [0.25, 0.3) is 0 Å². The van der Waals surface area contributed by atoms with Crippen LogP contribution in [0.25, 0.3) is 0 Å². The Bertz CT molecular complexity index is 97.6. The van der Waals surface area contributed by atoms with E-state index in [1.54, 1.807) is 0 Å². The lowest BCUT2D eigenvalue weighted by molar-refractivity contribution is -0.111. The summed E-state index contributed by atoms with van der Waals surface area (Å²) in [4.78, 5) is 9.86. The van der Waals surface area contributed by atoms with Gasteiger partial charge in [-0.15, -0.1) is 0 Å². The van der Waals surface area contributed by atoms with Gasteiger partial charge in [-0.2, -0.15) is 0 Å². The third kappa shape index (κ3) is 3.12. The van der Waals surface area contributed by atoms with Crippen molar-refractivity contribution in [3.8, 4) is 0 Å². The molecule has 0 fully saturated rings. The predicted octanol–water partition coefficient (Wildman–Crippen LogP) is -0.532. The van der Waals surface area contributed by atoms with E-state index in [4.69, 9.17) is 22.1 Å². The molecular formula is C5H9ClO4. The van der Waals surface area contributed by atoms with Crippen LogP contribution in [-0.4, -0.2) is 35.3 Å². The number of aldehydes is 1. The molecule has 0 aromatic carbocycles. The first-order valence-corrected chi connectivity index (χ1v) is 3.07. The molecule has 10 heavy (non-hydrogen) atoms. The lowest BCUT2D eigenvalue weighted by Crippen LogP contribution is -2.30. The van der Waals surface area contributed by atoms with E-state index in [9.17, 15) is 4.79 Å². The SMILES string of the molecule is O=CC[C@H](OCl)[C@H](O)CO. The molecule has 2 atom stereocenters. The standard InChI is InChI=1S/C5H9ClO4/c6-10-5(1-2-7)4(9)3-8/h2,4-5,8-9H,1,3H2/t4-,5+/m1/s1. The number of aliphatic hydroxyl groups is 2. The van der Waals surface area contributed by atoms with Crippen LogP contribution >= 0.6 is 11.9 Å². The molecule has 0 aliphatic rings. The summed E-state index contributed by atoms with van der Waals surface area (Å²) in [6, 6.07) is 0. The molecule has 0 rings (SSSR count). The van der Waals surface area contributed by atoms with E-state index in [1.165, 1.54) is 0 Å². The van der Waals surface area contributed by atoms with Crippen molar-refractivity contribution >= 4 is 18.2 Å². The van der Waals surface area contributed by atoms with Crippen LogP contribution in [-0.2, 0) is 9.08 Å². The molecule has 0 saturated heterocycles. The number of rotatable bonds is 5. The number of hydrogen-bond acceptors (Lipinski definition) is 4. The normalized spacial score (nSPS) is 16.3. The van der Waals surface area contributed by atoms with E-state index >= 15 is 0 Å². The Morgan fingerprint density at radius 1 is 1.70 bits per heavy atom. The minimum Gasteiger partial charge on any atom is -0.394 e. The molecule has 0 aromatic rings. The molecule has 2 N–H and O–H groups in total. The Hall–Kier alpha value is -0.160. The molecule has 0 heterocycles. The van der Waals surface area contributed by atoms with Crippen molar-refractivity contribution in [2.75, 3.05) is 6.61 Å². The summed E-state index contributed by atoms with van der Waals surface area (Å²) in [6.07, 6.45) is -1.37. The van der Waals surface area contributed by atoms with Crippen molar-refractivity contribution in [3.63, 3.8) is 0 Å². The van der Waals surface area contributed by atoms with Crippen LogP contribution < -0.4 is 0 Å². The van der Waals surface area contributed by atoms with Crippen LogP contribution in [0.3, 0.4) is 0 Å². The third-order valence-corrected chi connectivity index (χ3v) is 1.29. The van der Waals surface area contributed by atoms with Crippen molar-refractivity contribution < 1.29 is 19.3 Å². The molecule has 60 valence electrons. The molecular weight excluding hydrogens is 160 g/mol. The third-order valence-electron chi connectivity index (χ3n) is 1.06. The first-order chi connectivity index (χ1) is 4.76. The highest BCUT2D eigenvalue weighted by Gasteiger charge is 2.17. The minimum absolute atomic E-state index is 0.0226. The van der Waals surface area contributed by atoms with Gasteiger partial charge in [-0.1, -0.05) is 0 Å². The summed E-state index contributed by atoms with van der Waals surface area (Å²) in [6.45, 7) is -0.467. The number of aliphatic hydroxyl groups excluding tert-OH is 2. The van der Waals surface area contributed by atoms with Crippen molar-refractivity contribution in [1.82, 2.24) is 0 Å². The smallest absolute Gasteiger partial charge is 0.122 e. The molecule has 0 saturated carbocycles. The maximum Gasteiger partial charge on any atom is 0.122 e. The molecule has 0 aromatic heterocycles. The Morgan fingerprint density at radius 3 is 2.60 bits per heavy atom. The Labute approximate surface area is 63.5 Å². The van der Waals surface area contributed by atoms with E-state index in [1.807, 2.05) is 0 Å². The van der Waals surface area contributed by atoms with Crippen LogP contribution in [0.15, 0.2) is 0 Å². The fourth-order valence-corrected chi connectivity index (χ4v) is 0.657. The molecule has 0 radical (unpaired) electrons. The van der Waals surface area contributed by atoms with Gasteiger partial charge in [0.1, 0.15) is 18.5 Å². The lowest BCUT2D eigenvalue weighted by Gasteiger charge is -2.14. The van der Waals surface area contributed by atoms with Crippen LogP contribution in [0.2, 0.25) is 0 Å². The maximum atomic E-state index is 9.86. The highest BCUT2D eigenvalue weighted by atomic mass is 35.5. The summed E-state index contributed by atoms with van der Waals surface area (Å²) >= 11 is 4.89.